The van der Waals surface area contributed by atoms with E-state index in [1.54, 1.807) is 12.1 Å². The maximum atomic E-state index is 12.9. The van der Waals surface area contributed by atoms with E-state index in [0.29, 0.717) is 44.1 Å². The molecule has 27 heavy (non-hydrogen) atoms. The lowest BCUT2D eigenvalue weighted by Gasteiger charge is -2.23. The van der Waals surface area contributed by atoms with E-state index in [1.807, 2.05) is 36.1 Å². The van der Waals surface area contributed by atoms with Crippen LogP contribution in [0.15, 0.2) is 48.5 Å². The maximum Gasteiger partial charge on any atom is 0.227 e. The first-order valence-electron chi connectivity index (χ1n) is 9.13. The Balaban J connectivity index is 1.36. The van der Waals surface area contributed by atoms with Crippen molar-refractivity contribution in [3.8, 4) is 11.5 Å². The number of nitrogens with zero attached hydrogens (tertiary/aromatic N) is 1. The molecule has 2 aliphatic heterocycles. The van der Waals surface area contributed by atoms with Crippen molar-refractivity contribution < 1.29 is 23.4 Å². The molecule has 0 aromatic heterocycles. The van der Waals surface area contributed by atoms with Gasteiger partial charge in [0.15, 0.2) is 5.79 Å². The van der Waals surface area contributed by atoms with Crippen LogP contribution in [0.3, 0.4) is 0 Å². The molecule has 0 saturated carbocycles. The zero-order valence-electron chi connectivity index (χ0n) is 15.2. The second-order valence-corrected chi connectivity index (χ2v) is 7.06. The lowest BCUT2D eigenvalue weighted by atomic mass is 10.1. The van der Waals surface area contributed by atoms with Crippen LogP contribution >= 0.6 is 0 Å². The average Bonchev–Trinajstić information content (AvgIpc) is 3.25. The zero-order valence-corrected chi connectivity index (χ0v) is 15.2. The SMILES string of the molecule is CC1CC2(CN1C(=O)Cc1ccc(Oc3ccc(F)cc3)cc1)OCCO2. The van der Waals surface area contributed by atoms with Crippen LogP contribution in [0.1, 0.15) is 18.9 Å². The summed E-state index contributed by atoms with van der Waals surface area (Å²) in [7, 11) is 0. The summed E-state index contributed by atoms with van der Waals surface area (Å²) in [4.78, 5) is 14.6. The second kappa shape index (κ2) is 7.29. The minimum atomic E-state index is -0.609. The van der Waals surface area contributed by atoms with Crippen molar-refractivity contribution in [3.05, 3.63) is 59.9 Å². The van der Waals surface area contributed by atoms with Crippen molar-refractivity contribution in [2.45, 2.75) is 31.6 Å². The largest absolute Gasteiger partial charge is 0.457 e. The van der Waals surface area contributed by atoms with Crippen molar-refractivity contribution in [1.29, 1.82) is 0 Å². The first-order chi connectivity index (χ1) is 13.0. The highest BCUT2D eigenvalue weighted by molar-refractivity contribution is 5.79. The number of hydrogen-bond donors (Lipinski definition) is 0. The molecule has 2 aromatic rings. The van der Waals surface area contributed by atoms with Gasteiger partial charge in [-0.15, -0.1) is 0 Å². The third kappa shape index (κ3) is 3.96. The highest BCUT2D eigenvalue weighted by atomic mass is 19.1. The summed E-state index contributed by atoms with van der Waals surface area (Å²) in [5.41, 5.74) is 0.910. The highest BCUT2D eigenvalue weighted by Crippen LogP contribution is 2.34. The molecule has 1 atom stereocenters. The number of ether oxygens (including phenoxy) is 3. The number of carbonyl (C=O) groups excluding carboxylic acids is 1. The molecule has 5 nitrogen and oxygen atoms in total. The number of halogens is 1. The monoisotopic (exact) mass is 371 g/mol. The fourth-order valence-electron chi connectivity index (χ4n) is 3.67. The molecule has 2 saturated heterocycles. The molecule has 6 heteroatoms. The Labute approximate surface area is 157 Å². The van der Waals surface area contributed by atoms with Crippen molar-refractivity contribution in [1.82, 2.24) is 4.90 Å². The van der Waals surface area contributed by atoms with E-state index in [4.69, 9.17) is 14.2 Å². The first-order valence-corrected chi connectivity index (χ1v) is 9.13. The summed E-state index contributed by atoms with van der Waals surface area (Å²) < 4.78 is 30.1. The molecule has 0 radical (unpaired) electrons. The number of carbonyl (C=O) groups is 1. The Hall–Kier alpha value is -2.44. The summed E-state index contributed by atoms with van der Waals surface area (Å²) >= 11 is 0. The number of rotatable bonds is 4. The highest BCUT2D eigenvalue weighted by Gasteiger charge is 2.48. The summed E-state index contributed by atoms with van der Waals surface area (Å²) in [6.45, 7) is 3.69. The Kier molecular flexibility index (Phi) is 4.85. The van der Waals surface area contributed by atoms with E-state index >= 15 is 0 Å². The van der Waals surface area contributed by atoms with Crippen molar-refractivity contribution in [2.75, 3.05) is 19.8 Å². The van der Waals surface area contributed by atoms with Crippen molar-refractivity contribution in [3.63, 3.8) is 0 Å². The minimum Gasteiger partial charge on any atom is -0.457 e. The predicted molar refractivity (Wildman–Crippen MR) is 97.0 cm³/mol. The fourth-order valence-corrected chi connectivity index (χ4v) is 3.67. The van der Waals surface area contributed by atoms with Crippen LogP contribution in [0.2, 0.25) is 0 Å². The quantitative estimate of drug-likeness (QED) is 0.825. The van der Waals surface area contributed by atoms with Gasteiger partial charge in [-0.2, -0.15) is 0 Å². The Morgan fingerprint density at radius 2 is 1.70 bits per heavy atom. The van der Waals surface area contributed by atoms with Crippen LogP contribution in [0.25, 0.3) is 0 Å². The molecule has 0 N–H and O–H groups in total. The topological polar surface area (TPSA) is 48.0 Å². The third-order valence-electron chi connectivity index (χ3n) is 5.01. The lowest BCUT2D eigenvalue weighted by Crippen LogP contribution is -2.38. The second-order valence-electron chi connectivity index (χ2n) is 7.06. The number of likely N-dealkylation sites (tertiary alicyclic amines) is 1. The van der Waals surface area contributed by atoms with Gasteiger partial charge in [-0.3, -0.25) is 4.79 Å². The van der Waals surface area contributed by atoms with E-state index in [2.05, 4.69) is 0 Å². The molecule has 0 bridgehead atoms. The average molecular weight is 371 g/mol. The molecular weight excluding hydrogens is 349 g/mol. The van der Waals surface area contributed by atoms with Crippen molar-refractivity contribution >= 4 is 5.91 Å². The molecule has 1 amide bonds. The van der Waals surface area contributed by atoms with Gasteiger partial charge in [0.1, 0.15) is 17.3 Å². The van der Waals surface area contributed by atoms with Crippen LogP contribution < -0.4 is 4.74 Å². The van der Waals surface area contributed by atoms with E-state index in [9.17, 15) is 9.18 Å². The van der Waals surface area contributed by atoms with Crippen molar-refractivity contribution in [2.24, 2.45) is 0 Å². The smallest absolute Gasteiger partial charge is 0.227 e. The van der Waals surface area contributed by atoms with E-state index in [1.165, 1.54) is 12.1 Å². The van der Waals surface area contributed by atoms with Crippen LogP contribution in [-0.2, 0) is 20.7 Å². The molecule has 1 spiro atoms. The number of benzene rings is 2. The molecule has 1 unspecified atom stereocenters. The van der Waals surface area contributed by atoms with Gasteiger partial charge < -0.3 is 19.1 Å². The zero-order chi connectivity index (χ0) is 18.9. The lowest BCUT2D eigenvalue weighted by molar-refractivity contribution is -0.152. The molecular formula is C21H22FNO4. The maximum absolute atomic E-state index is 12.9. The molecule has 4 rings (SSSR count). The number of amides is 1. The minimum absolute atomic E-state index is 0.0608. The number of hydrogen-bond acceptors (Lipinski definition) is 4. The summed E-state index contributed by atoms with van der Waals surface area (Å²) in [6.07, 6.45) is 1.03. The Morgan fingerprint density at radius 1 is 1.11 bits per heavy atom. The van der Waals surface area contributed by atoms with Crippen LogP contribution in [0.4, 0.5) is 4.39 Å². The fraction of sp³-hybridized carbons (Fsp3) is 0.381. The molecule has 2 aromatic carbocycles. The van der Waals surface area contributed by atoms with Gasteiger partial charge in [0.25, 0.3) is 0 Å². The molecule has 0 aliphatic carbocycles. The third-order valence-corrected chi connectivity index (χ3v) is 5.01. The summed E-state index contributed by atoms with van der Waals surface area (Å²) in [5.74, 6) is 0.349. The van der Waals surface area contributed by atoms with E-state index < -0.39 is 5.79 Å². The van der Waals surface area contributed by atoms with Gasteiger partial charge in [-0.05, 0) is 48.9 Å². The van der Waals surface area contributed by atoms with Crippen LogP contribution in [0.5, 0.6) is 11.5 Å². The molecule has 142 valence electrons. The van der Waals surface area contributed by atoms with Gasteiger partial charge >= 0.3 is 0 Å². The standard InChI is InChI=1S/C21H22FNO4/c1-15-13-21(25-10-11-26-21)14-23(15)20(24)12-16-2-6-18(7-3-16)27-19-8-4-17(22)5-9-19/h2-9,15H,10-14H2,1H3. The van der Waals surface area contributed by atoms with E-state index in [-0.39, 0.29) is 17.8 Å². The van der Waals surface area contributed by atoms with Crippen LogP contribution in [-0.4, -0.2) is 42.4 Å². The predicted octanol–water partition coefficient (Wildman–Crippen LogP) is 3.52. The van der Waals surface area contributed by atoms with Gasteiger partial charge in [-0.1, -0.05) is 12.1 Å². The normalized spacial score (nSPS) is 21.0. The Bertz CT molecular complexity index is 800. The summed E-state index contributed by atoms with van der Waals surface area (Å²) in [6, 6.07) is 13.3. The van der Waals surface area contributed by atoms with Gasteiger partial charge in [0.2, 0.25) is 5.91 Å². The van der Waals surface area contributed by atoms with Gasteiger partial charge in [0, 0.05) is 12.5 Å². The first kappa shape index (κ1) is 17.9. The van der Waals surface area contributed by atoms with Crippen LogP contribution in [0, 0.1) is 5.82 Å². The van der Waals surface area contributed by atoms with Gasteiger partial charge in [0.05, 0.1) is 26.2 Å². The molecule has 2 aliphatic rings. The van der Waals surface area contributed by atoms with Gasteiger partial charge in [-0.25, -0.2) is 4.39 Å². The Morgan fingerprint density at radius 3 is 2.33 bits per heavy atom. The molecule has 2 heterocycles. The molecule has 2 fully saturated rings. The van der Waals surface area contributed by atoms with E-state index in [0.717, 1.165) is 5.56 Å². The summed E-state index contributed by atoms with van der Waals surface area (Å²) in [5, 5.41) is 0.